The normalized spacial score (nSPS) is 21.8. The third kappa shape index (κ3) is 3.50. The van der Waals surface area contributed by atoms with E-state index in [0.29, 0.717) is 11.5 Å². The van der Waals surface area contributed by atoms with E-state index in [-0.39, 0.29) is 0 Å². The lowest BCUT2D eigenvalue weighted by molar-refractivity contribution is 0.0932. The number of hydrogen-bond donors (Lipinski definition) is 1. The van der Waals surface area contributed by atoms with E-state index in [4.69, 9.17) is 4.74 Å². The van der Waals surface area contributed by atoms with Gasteiger partial charge in [-0.05, 0) is 18.9 Å². The highest BCUT2D eigenvalue weighted by Crippen LogP contribution is 2.27. The van der Waals surface area contributed by atoms with Gasteiger partial charge in [0.2, 0.25) is 0 Å². The van der Waals surface area contributed by atoms with Gasteiger partial charge in [-0.25, -0.2) is 0 Å². The zero-order chi connectivity index (χ0) is 14.7. The second-order valence-electron chi connectivity index (χ2n) is 6.25. The van der Waals surface area contributed by atoms with Crippen molar-refractivity contribution in [3.8, 4) is 11.5 Å². The monoisotopic (exact) mass is 290 g/mol. The molecule has 1 heterocycles. The first-order chi connectivity index (χ1) is 10.3. The number of piperazine rings is 1. The number of methoxy groups -OCH3 is 1. The molecule has 0 unspecified atom stereocenters. The van der Waals surface area contributed by atoms with E-state index in [1.54, 1.807) is 13.2 Å². The van der Waals surface area contributed by atoms with Gasteiger partial charge in [-0.15, -0.1) is 0 Å². The van der Waals surface area contributed by atoms with Gasteiger partial charge in [0.25, 0.3) is 0 Å². The number of phenolic OH excluding ortho intramolecular Hbond substituents is 1. The van der Waals surface area contributed by atoms with Gasteiger partial charge in [0.1, 0.15) is 11.5 Å². The van der Waals surface area contributed by atoms with Gasteiger partial charge in [-0.3, -0.25) is 9.80 Å². The Hall–Kier alpha value is -1.26. The first-order valence-corrected chi connectivity index (χ1v) is 8.08. The average molecular weight is 290 g/mol. The molecule has 1 aliphatic heterocycles. The first-order valence-electron chi connectivity index (χ1n) is 8.08. The lowest BCUT2D eigenvalue weighted by Gasteiger charge is -2.38. The maximum Gasteiger partial charge on any atom is 0.123 e. The van der Waals surface area contributed by atoms with E-state index >= 15 is 0 Å². The fourth-order valence-electron chi connectivity index (χ4n) is 3.60. The minimum atomic E-state index is 0.340. The van der Waals surface area contributed by atoms with Crippen LogP contribution >= 0.6 is 0 Å². The highest BCUT2D eigenvalue weighted by atomic mass is 16.5. The number of rotatable bonds is 4. The lowest BCUT2D eigenvalue weighted by Crippen LogP contribution is -2.49. The van der Waals surface area contributed by atoms with Crippen LogP contribution in [0.2, 0.25) is 0 Å². The number of aromatic hydroxyl groups is 1. The maximum atomic E-state index is 10.1. The molecule has 0 spiro atoms. The van der Waals surface area contributed by atoms with Crippen molar-refractivity contribution in [2.45, 2.75) is 38.3 Å². The van der Waals surface area contributed by atoms with E-state index in [2.05, 4.69) is 9.80 Å². The maximum absolute atomic E-state index is 10.1. The number of benzene rings is 1. The van der Waals surface area contributed by atoms with Crippen LogP contribution in [0.25, 0.3) is 0 Å². The third-order valence-electron chi connectivity index (χ3n) is 4.93. The van der Waals surface area contributed by atoms with Crippen LogP contribution in [0.1, 0.15) is 31.2 Å². The summed E-state index contributed by atoms with van der Waals surface area (Å²) in [6.07, 6.45) is 5.59. The van der Waals surface area contributed by atoms with Crippen molar-refractivity contribution in [2.24, 2.45) is 0 Å². The Morgan fingerprint density at radius 2 is 1.86 bits per heavy atom. The van der Waals surface area contributed by atoms with Crippen molar-refractivity contribution >= 4 is 0 Å². The molecule has 4 heteroatoms. The summed E-state index contributed by atoms with van der Waals surface area (Å²) in [6, 6.07) is 6.42. The molecule has 1 N–H and O–H groups in total. The molecule has 0 aromatic heterocycles. The summed E-state index contributed by atoms with van der Waals surface area (Å²) in [5.74, 6) is 1.05. The van der Waals surface area contributed by atoms with Gasteiger partial charge in [0, 0.05) is 50.4 Å². The van der Waals surface area contributed by atoms with Gasteiger partial charge < -0.3 is 9.84 Å². The minimum Gasteiger partial charge on any atom is -0.507 e. The summed E-state index contributed by atoms with van der Waals surface area (Å²) in [5.41, 5.74) is 0.991. The topological polar surface area (TPSA) is 35.9 Å². The van der Waals surface area contributed by atoms with Gasteiger partial charge in [0.15, 0.2) is 0 Å². The van der Waals surface area contributed by atoms with E-state index in [1.807, 2.05) is 12.1 Å². The Balaban J connectivity index is 1.53. The van der Waals surface area contributed by atoms with Crippen molar-refractivity contribution in [3.63, 3.8) is 0 Å². The molecule has 0 atom stereocenters. The molecule has 3 rings (SSSR count). The Morgan fingerprint density at radius 1 is 1.14 bits per heavy atom. The van der Waals surface area contributed by atoms with Crippen molar-refractivity contribution in [1.29, 1.82) is 0 Å². The van der Waals surface area contributed by atoms with E-state index < -0.39 is 0 Å². The second kappa shape index (κ2) is 6.67. The van der Waals surface area contributed by atoms with Crippen LogP contribution in [0.5, 0.6) is 11.5 Å². The number of nitrogens with zero attached hydrogens (tertiary/aromatic N) is 2. The molecule has 1 aliphatic carbocycles. The number of hydrogen-bond acceptors (Lipinski definition) is 4. The summed E-state index contributed by atoms with van der Waals surface area (Å²) in [4.78, 5) is 5.10. The van der Waals surface area contributed by atoms with Gasteiger partial charge in [-0.2, -0.15) is 0 Å². The highest BCUT2D eigenvalue weighted by molar-refractivity contribution is 5.39. The summed E-state index contributed by atoms with van der Waals surface area (Å²) in [7, 11) is 1.62. The smallest absolute Gasteiger partial charge is 0.123 e. The van der Waals surface area contributed by atoms with E-state index in [0.717, 1.165) is 31.2 Å². The van der Waals surface area contributed by atoms with Crippen molar-refractivity contribution in [1.82, 2.24) is 9.80 Å². The van der Waals surface area contributed by atoms with Crippen LogP contribution in [0.15, 0.2) is 18.2 Å². The van der Waals surface area contributed by atoms with Crippen molar-refractivity contribution in [2.75, 3.05) is 33.3 Å². The summed E-state index contributed by atoms with van der Waals surface area (Å²) >= 11 is 0. The molecule has 21 heavy (non-hydrogen) atoms. The highest BCUT2D eigenvalue weighted by Gasteiger charge is 2.26. The molecule has 0 bridgehead atoms. The van der Waals surface area contributed by atoms with Gasteiger partial charge in [-0.1, -0.05) is 18.9 Å². The Kier molecular flexibility index (Phi) is 4.66. The molecular formula is C17H26N2O2. The standard InChI is InChI=1S/C17H26N2O2/c1-21-16-7-6-14(17(20)12-16)13-18-8-10-19(11-9-18)15-4-2-3-5-15/h6-7,12,15,20H,2-5,8-11,13H2,1H3. The quantitative estimate of drug-likeness (QED) is 0.924. The van der Waals surface area contributed by atoms with Crippen LogP contribution in [0.4, 0.5) is 0 Å². The zero-order valence-electron chi connectivity index (χ0n) is 12.9. The van der Waals surface area contributed by atoms with E-state index in [1.165, 1.54) is 38.8 Å². The third-order valence-corrected chi connectivity index (χ3v) is 4.93. The lowest BCUT2D eigenvalue weighted by atomic mass is 10.1. The molecule has 1 aromatic rings. The molecule has 2 fully saturated rings. The first kappa shape index (κ1) is 14.7. The van der Waals surface area contributed by atoms with Crippen LogP contribution in [0.3, 0.4) is 0 Å². The average Bonchev–Trinajstić information content (AvgIpc) is 3.04. The minimum absolute atomic E-state index is 0.340. The summed E-state index contributed by atoms with van der Waals surface area (Å²) in [6.45, 7) is 5.36. The van der Waals surface area contributed by atoms with Crippen molar-refractivity contribution < 1.29 is 9.84 Å². The number of ether oxygens (including phenoxy) is 1. The van der Waals surface area contributed by atoms with Crippen LogP contribution in [-0.4, -0.2) is 54.2 Å². The van der Waals surface area contributed by atoms with Gasteiger partial charge in [0.05, 0.1) is 7.11 Å². The molecule has 1 saturated carbocycles. The van der Waals surface area contributed by atoms with Crippen LogP contribution in [-0.2, 0) is 6.54 Å². The predicted molar refractivity (Wildman–Crippen MR) is 83.8 cm³/mol. The fourth-order valence-corrected chi connectivity index (χ4v) is 3.60. The molecule has 2 aliphatic rings. The summed E-state index contributed by atoms with van der Waals surface area (Å²) in [5, 5.41) is 10.1. The van der Waals surface area contributed by atoms with Gasteiger partial charge >= 0.3 is 0 Å². The fraction of sp³-hybridized carbons (Fsp3) is 0.647. The molecule has 1 saturated heterocycles. The van der Waals surface area contributed by atoms with Crippen LogP contribution in [0, 0.1) is 0 Å². The molecule has 1 aromatic carbocycles. The van der Waals surface area contributed by atoms with Crippen molar-refractivity contribution in [3.05, 3.63) is 23.8 Å². The molecule has 116 valence electrons. The molecule has 0 amide bonds. The Labute approximate surface area is 127 Å². The SMILES string of the molecule is COc1ccc(CN2CCN(C3CCCC3)CC2)c(O)c1. The largest absolute Gasteiger partial charge is 0.507 e. The molecule has 0 radical (unpaired) electrons. The van der Waals surface area contributed by atoms with Crippen LogP contribution < -0.4 is 4.74 Å². The Bertz CT molecular complexity index is 464. The van der Waals surface area contributed by atoms with E-state index in [9.17, 15) is 5.11 Å². The second-order valence-corrected chi connectivity index (χ2v) is 6.25. The molecule has 4 nitrogen and oxygen atoms in total. The molecular weight excluding hydrogens is 264 g/mol. The predicted octanol–water partition coefficient (Wildman–Crippen LogP) is 2.46. The summed E-state index contributed by atoms with van der Waals surface area (Å²) < 4.78 is 5.13. The Morgan fingerprint density at radius 3 is 2.48 bits per heavy atom. The zero-order valence-corrected chi connectivity index (χ0v) is 12.9. The number of phenols is 1.